The average Bonchev–Trinajstić information content (AvgIpc) is 3.19. The van der Waals surface area contributed by atoms with Crippen molar-refractivity contribution < 1.29 is 18.3 Å². The van der Waals surface area contributed by atoms with E-state index in [9.17, 15) is 8.78 Å². The molecule has 8 nitrogen and oxygen atoms in total. The first-order chi connectivity index (χ1) is 15.0. The molecule has 1 aliphatic heterocycles. The van der Waals surface area contributed by atoms with E-state index in [-0.39, 0.29) is 42.3 Å². The number of methoxy groups -OCH3 is 1. The number of rotatable bonds is 8. The second-order valence-corrected chi connectivity index (χ2v) is 7.35. The first-order valence-electron chi connectivity index (χ1n) is 10.4. The summed E-state index contributed by atoms with van der Waals surface area (Å²) in [6.07, 6.45) is 5.95. The predicted molar refractivity (Wildman–Crippen MR) is 131 cm³/mol. The zero-order valence-corrected chi connectivity index (χ0v) is 20.9. The Labute approximate surface area is 204 Å². The highest BCUT2D eigenvalue weighted by molar-refractivity contribution is 14.0. The number of hydrogen-bond donors (Lipinski definition) is 2. The lowest BCUT2D eigenvalue weighted by molar-refractivity contribution is -0.0505. The minimum Gasteiger partial charge on any atom is -0.497 e. The van der Waals surface area contributed by atoms with Gasteiger partial charge in [-0.3, -0.25) is 4.68 Å². The van der Waals surface area contributed by atoms with Crippen molar-refractivity contribution in [2.75, 3.05) is 31.6 Å². The molecule has 1 aromatic heterocycles. The van der Waals surface area contributed by atoms with Crippen LogP contribution >= 0.6 is 24.0 Å². The van der Waals surface area contributed by atoms with E-state index in [2.05, 4.69) is 30.4 Å². The first-order valence-corrected chi connectivity index (χ1v) is 10.4. The molecule has 0 amide bonds. The fourth-order valence-electron chi connectivity index (χ4n) is 3.58. The Kier molecular flexibility index (Phi) is 10.3. The van der Waals surface area contributed by atoms with Crippen LogP contribution in [0.4, 0.5) is 14.5 Å². The molecule has 3 rings (SSSR count). The smallest absolute Gasteiger partial charge is 0.387 e. The maximum Gasteiger partial charge on any atom is 0.387 e. The molecule has 32 heavy (non-hydrogen) atoms. The molecule has 1 saturated heterocycles. The summed E-state index contributed by atoms with van der Waals surface area (Å²) in [4.78, 5) is 6.90. The molecule has 2 heterocycles. The maximum absolute atomic E-state index is 12.8. The van der Waals surface area contributed by atoms with Gasteiger partial charge in [-0.05, 0) is 31.9 Å². The van der Waals surface area contributed by atoms with E-state index in [0.717, 1.165) is 31.6 Å². The molecular weight excluding hydrogens is 533 g/mol. The van der Waals surface area contributed by atoms with Gasteiger partial charge < -0.3 is 25.0 Å². The fourth-order valence-corrected chi connectivity index (χ4v) is 3.58. The van der Waals surface area contributed by atoms with Gasteiger partial charge in [0.25, 0.3) is 0 Å². The van der Waals surface area contributed by atoms with Crippen LogP contribution in [0.2, 0.25) is 0 Å². The highest BCUT2D eigenvalue weighted by atomic mass is 127. The number of nitrogens with one attached hydrogen (secondary N) is 2. The number of piperidine rings is 1. The van der Waals surface area contributed by atoms with Gasteiger partial charge in [-0.15, -0.1) is 24.0 Å². The number of guanidine groups is 1. The average molecular weight is 564 g/mol. The Hall–Kier alpha value is -2.31. The highest BCUT2D eigenvalue weighted by Gasteiger charge is 2.22. The second-order valence-electron chi connectivity index (χ2n) is 7.35. The van der Waals surface area contributed by atoms with Crippen molar-refractivity contribution in [3.05, 3.63) is 36.2 Å². The van der Waals surface area contributed by atoms with Crippen LogP contribution in [0.25, 0.3) is 0 Å². The van der Waals surface area contributed by atoms with Gasteiger partial charge in [0.15, 0.2) is 5.96 Å². The molecule has 0 spiro atoms. The van der Waals surface area contributed by atoms with Crippen molar-refractivity contribution in [3.63, 3.8) is 0 Å². The second kappa shape index (κ2) is 12.7. The molecule has 11 heteroatoms. The summed E-state index contributed by atoms with van der Waals surface area (Å²) in [7, 11) is 3.38. The molecule has 0 bridgehead atoms. The number of alkyl halides is 2. The lowest BCUT2D eigenvalue weighted by Crippen LogP contribution is -2.51. The summed E-state index contributed by atoms with van der Waals surface area (Å²) in [6.45, 7) is 1.77. The lowest BCUT2D eigenvalue weighted by Gasteiger charge is -2.34. The number of aromatic nitrogens is 2. The number of ether oxygens (including phenoxy) is 2. The monoisotopic (exact) mass is 564 g/mol. The van der Waals surface area contributed by atoms with E-state index in [4.69, 9.17) is 4.74 Å². The molecular formula is C21H31F2IN6O2. The van der Waals surface area contributed by atoms with Crippen LogP contribution in [-0.2, 0) is 13.6 Å². The quantitative estimate of drug-likeness (QED) is 0.291. The zero-order valence-electron chi connectivity index (χ0n) is 18.6. The topological polar surface area (TPSA) is 75.9 Å². The molecule has 1 fully saturated rings. The molecule has 178 valence electrons. The van der Waals surface area contributed by atoms with Crippen LogP contribution in [0, 0.1) is 0 Å². The number of hydrogen-bond acceptors (Lipinski definition) is 5. The normalized spacial score (nSPS) is 16.5. The van der Waals surface area contributed by atoms with Gasteiger partial charge in [-0.2, -0.15) is 13.9 Å². The summed E-state index contributed by atoms with van der Waals surface area (Å²) in [6, 6.07) is 5.05. The third-order valence-corrected chi connectivity index (χ3v) is 5.06. The van der Waals surface area contributed by atoms with E-state index in [1.54, 1.807) is 16.8 Å². The van der Waals surface area contributed by atoms with Gasteiger partial charge in [-0.1, -0.05) is 0 Å². The van der Waals surface area contributed by atoms with Crippen LogP contribution < -0.4 is 25.0 Å². The molecule has 0 aliphatic carbocycles. The summed E-state index contributed by atoms with van der Waals surface area (Å²) in [5.41, 5.74) is 1.65. The van der Waals surface area contributed by atoms with Gasteiger partial charge in [0, 0.05) is 50.6 Å². The standard InChI is InChI=1S/C21H30F2N6O2.HI/c1-4-24-21(25-11-15-7-8-18(30-3)10-19(15)31-20(22)23)27-16-6-5-9-29(13-16)17-12-26-28(2)14-17;/h7-8,10,12,14,16,20H,4-6,9,11,13H2,1-3H3,(H2,24,25,27);1H. The van der Waals surface area contributed by atoms with Crippen molar-refractivity contribution in [2.24, 2.45) is 12.0 Å². The molecule has 0 saturated carbocycles. The van der Waals surface area contributed by atoms with Gasteiger partial charge in [-0.25, -0.2) is 4.99 Å². The first kappa shape index (κ1) is 25.9. The predicted octanol–water partition coefficient (Wildman–Crippen LogP) is 3.37. The Morgan fingerprint density at radius 3 is 2.84 bits per heavy atom. The fraction of sp³-hybridized carbons (Fsp3) is 0.524. The van der Waals surface area contributed by atoms with E-state index in [0.29, 0.717) is 23.8 Å². The van der Waals surface area contributed by atoms with Crippen LogP contribution in [0.15, 0.2) is 35.6 Å². The van der Waals surface area contributed by atoms with E-state index < -0.39 is 6.61 Å². The van der Waals surface area contributed by atoms with Crippen molar-refractivity contribution >= 4 is 35.6 Å². The Balaban J connectivity index is 0.00000363. The molecule has 1 aromatic carbocycles. The van der Waals surface area contributed by atoms with Gasteiger partial charge in [0.2, 0.25) is 0 Å². The molecule has 1 aliphatic rings. The van der Waals surface area contributed by atoms with Crippen LogP contribution in [-0.4, -0.2) is 55.1 Å². The maximum atomic E-state index is 12.8. The summed E-state index contributed by atoms with van der Waals surface area (Å²) >= 11 is 0. The van der Waals surface area contributed by atoms with E-state index in [1.165, 1.54) is 13.2 Å². The molecule has 2 N–H and O–H groups in total. The van der Waals surface area contributed by atoms with Crippen molar-refractivity contribution in [1.82, 2.24) is 20.4 Å². The molecule has 0 radical (unpaired) electrons. The van der Waals surface area contributed by atoms with Crippen LogP contribution in [0.1, 0.15) is 25.3 Å². The van der Waals surface area contributed by atoms with Crippen molar-refractivity contribution in [2.45, 2.75) is 39.0 Å². The third-order valence-electron chi connectivity index (χ3n) is 5.06. The number of anilines is 1. The minimum atomic E-state index is -2.91. The summed E-state index contributed by atoms with van der Waals surface area (Å²) in [5, 5.41) is 11.0. The van der Waals surface area contributed by atoms with Gasteiger partial charge in [0.05, 0.1) is 25.5 Å². The number of aliphatic imine (C=N–C) groups is 1. The molecule has 1 atom stereocenters. The Morgan fingerprint density at radius 1 is 1.38 bits per heavy atom. The number of aryl methyl sites for hydroxylation is 1. The minimum absolute atomic E-state index is 0. The number of nitrogens with zero attached hydrogens (tertiary/aromatic N) is 4. The summed E-state index contributed by atoms with van der Waals surface area (Å²) < 4.78 is 37.2. The van der Waals surface area contributed by atoms with Crippen molar-refractivity contribution in [3.8, 4) is 11.5 Å². The SMILES string of the molecule is CCNC(=NCc1ccc(OC)cc1OC(F)F)NC1CCCN(c2cnn(C)c2)C1.I. The molecule has 1 unspecified atom stereocenters. The summed E-state index contributed by atoms with van der Waals surface area (Å²) in [5.74, 6) is 1.15. The van der Waals surface area contributed by atoms with Crippen LogP contribution in [0.3, 0.4) is 0 Å². The van der Waals surface area contributed by atoms with E-state index in [1.807, 2.05) is 26.4 Å². The Bertz CT molecular complexity index is 880. The van der Waals surface area contributed by atoms with Crippen LogP contribution in [0.5, 0.6) is 11.5 Å². The largest absolute Gasteiger partial charge is 0.497 e. The number of halogens is 3. The van der Waals surface area contributed by atoms with Gasteiger partial charge in [0.1, 0.15) is 11.5 Å². The highest BCUT2D eigenvalue weighted by Crippen LogP contribution is 2.27. The lowest BCUT2D eigenvalue weighted by atomic mass is 10.1. The third kappa shape index (κ3) is 7.38. The molecule has 2 aromatic rings. The Morgan fingerprint density at radius 2 is 2.19 bits per heavy atom. The number of benzene rings is 1. The zero-order chi connectivity index (χ0) is 22.2. The van der Waals surface area contributed by atoms with Gasteiger partial charge >= 0.3 is 6.61 Å². The van der Waals surface area contributed by atoms with E-state index >= 15 is 0 Å². The van der Waals surface area contributed by atoms with Crippen molar-refractivity contribution in [1.29, 1.82) is 0 Å².